The van der Waals surface area contributed by atoms with Gasteiger partial charge in [-0.2, -0.15) is 0 Å². The third-order valence-corrected chi connectivity index (χ3v) is 5.82. The van der Waals surface area contributed by atoms with Crippen molar-refractivity contribution in [1.82, 2.24) is 4.90 Å². The monoisotopic (exact) mass is 417 g/mol. The van der Waals surface area contributed by atoms with Gasteiger partial charge in [-0.3, -0.25) is 0 Å². The quantitative estimate of drug-likeness (QED) is 0.278. The van der Waals surface area contributed by atoms with E-state index in [0.717, 1.165) is 19.5 Å². The number of rotatable bonds is 9. The number of benzene rings is 4. The summed E-state index contributed by atoms with van der Waals surface area (Å²) in [5.74, 6) is 0.309. The first kappa shape index (κ1) is 21.8. The molecule has 0 aromatic heterocycles. The first-order chi connectivity index (χ1) is 15.8. The second kappa shape index (κ2) is 11.3. The highest BCUT2D eigenvalue weighted by Crippen LogP contribution is 2.27. The Hall–Kier alpha value is -3.42. The molecule has 0 radical (unpaired) electrons. The van der Waals surface area contributed by atoms with E-state index in [2.05, 4.69) is 139 Å². The summed E-state index contributed by atoms with van der Waals surface area (Å²) in [6.45, 7) is 1.90. The van der Waals surface area contributed by atoms with Crippen LogP contribution < -0.4 is 0 Å². The van der Waals surface area contributed by atoms with Crippen LogP contribution in [0.15, 0.2) is 127 Å². The highest BCUT2D eigenvalue weighted by atomic mass is 15.1. The molecule has 4 rings (SSSR count). The maximum Gasteiger partial charge on any atom is 0.0231 e. The summed E-state index contributed by atoms with van der Waals surface area (Å²) < 4.78 is 0. The molecular weight excluding hydrogens is 386 g/mol. The van der Waals surface area contributed by atoms with Gasteiger partial charge in [-0.25, -0.2) is 0 Å². The van der Waals surface area contributed by atoms with E-state index in [1.807, 2.05) is 0 Å². The minimum absolute atomic E-state index is 0.309. The molecule has 0 N–H and O–H groups in total. The molecule has 0 aliphatic carbocycles. The fourth-order valence-corrected chi connectivity index (χ4v) is 4.22. The Kier molecular flexibility index (Phi) is 7.68. The molecule has 1 heteroatoms. The van der Waals surface area contributed by atoms with Crippen LogP contribution in [0.2, 0.25) is 0 Å². The second-order valence-electron chi connectivity index (χ2n) is 8.42. The molecule has 0 aliphatic rings. The SMILES string of the molecule is CN(Cc1ccccc1)C[C@H](/C=C(\Cc1ccccc1)c1ccccc1)c1ccccc1. The summed E-state index contributed by atoms with van der Waals surface area (Å²) in [5, 5.41) is 0. The first-order valence-electron chi connectivity index (χ1n) is 11.4. The zero-order chi connectivity index (χ0) is 22.0. The van der Waals surface area contributed by atoms with Gasteiger partial charge in [-0.1, -0.05) is 127 Å². The molecule has 0 bridgehead atoms. The number of allylic oxidation sites excluding steroid dienone is 1. The Bertz CT molecular complexity index is 1090. The molecule has 0 aliphatic heterocycles. The van der Waals surface area contributed by atoms with Gasteiger partial charge < -0.3 is 4.90 Å². The van der Waals surface area contributed by atoms with Gasteiger partial charge in [-0.15, -0.1) is 0 Å². The maximum absolute atomic E-state index is 2.49. The van der Waals surface area contributed by atoms with E-state index < -0.39 is 0 Å². The van der Waals surface area contributed by atoms with Crippen LogP contribution in [0.5, 0.6) is 0 Å². The number of nitrogens with zero attached hydrogens (tertiary/aromatic N) is 1. The van der Waals surface area contributed by atoms with Crippen molar-refractivity contribution in [2.45, 2.75) is 18.9 Å². The average Bonchev–Trinajstić information content (AvgIpc) is 2.85. The molecule has 4 aromatic rings. The lowest BCUT2D eigenvalue weighted by atomic mass is 9.90. The van der Waals surface area contributed by atoms with E-state index in [4.69, 9.17) is 0 Å². The minimum atomic E-state index is 0.309. The fourth-order valence-electron chi connectivity index (χ4n) is 4.22. The third kappa shape index (κ3) is 6.29. The largest absolute Gasteiger partial charge is 0.301 e. The van der Waals surface area contributed by atoms with Crippen molar-refractivity contribution in [3.63, 3.8) is 0 Å². The van der Waals surface area contributed by atoms with E-state index in [-0.39, 0.29) is 0 Å². The van der Waals surface area contributed by atoms with Crippen molar-refractivity contribution in [3.8, 4) is 0 Å². The normalized spacial score (nSPS) is 12.6. The highest BCUT2D eigenvalue weighted by Gasteiger charge is 2.15. The Labute approximate surface area is 192 Å². The van der Waals surface area contributed by atoms with Crippen molar-refractivity contribution in [2.24, 2.45) is 0 Å². The maximum atomic E-state index is 2.49. The van der Waals surface area contributed by atoms with Crippen molar-refractivity contribution in [3.05, 3.63) is 150 Å². The van der Waals surface area contributed by atoms with Crippen LogP contribution in [-0.4, -0.2) is 18.5 Å². The molecule has 0 unspecified atom stereocenters. The van der Waals surface area contributed by atoms with E-state index >= 15 is 0 Å². The smallest absolute Gasteiger partial charge is 0.0231 e. The van der Waals surface area contributed by atoms with Gasteiger partial charge in [0.25, 0.3) is 0 Å². The van der Waals surface area contributed by atoms with Crippen LogP contribution in [0.1, 0.15) is 28.2 Å². The second-order valence-corrected chi connectivity index (χ2v) is 8.42. The minimum Gasteiger partial charge on any atom is -0.301 e. The summed E-state index contributed by atoms with van der Waals surface area (Å²) in [4.78, 5) is 2.43. The Morgan fingerprint density at radius 2 is 1.16 bits per heavy atom. The lowest BCUT2D eigenvalue weighted by Gasteiger charge is -2.24. The van der Waals surface area contributed by atoms with Crippen molar-refractivity contribution >= 4 is 5.57 Å². The zero-order valence-corrected chi connectivity index (χ0v) is 18.8. The summed E-state index contributed by atoms with van der Waals surface area (Å²) in [6.07, 6.45) is 3.41. The molecule has 0 spiro atoms. The predicted molar refractivity (Wildman–Crippen MR) is 137 cm³/mol. The topological polar surface area (TPSA) is 3.24 Å². The van der Waals surface area contributed by atoms with Gasteiger partial charge >= 0.3 is 0 Å². The van der Waals surface area contributed by atoms with E-state index in [1.165, 1.54) is 27.8 Å². The van der Waals surface area contributed by atoms with Gasteiger partial charge in [0.1, 0.15) is 0 Å². The molecular formula is C31H31N. The fraction of sp³-hybridized carbons (Fsp3) is 0.161. The molecule has 1 nitrogen and oxygen atoms in total. The van der Waals surface area contributed by atoms with Crippen LogP contribution in [0.4, 0.5) is 0 Å². The average molecular weight is 418 g/mol. The summed E-state index contributed by atoms with van der Waals surface area (Å²) in [7, 11) is 2.22. The molecule has 32 heavy (non-hydrogen) atoms. The van der Waals surface area contributed by atoms with E-state index in [9.17, 15) is 0 Å². The van der Waals surface area contributed by atoms with Gasteiger partial charge in [0.2, 0.25) is 0 Å². The van der Waals surface area contributed by atoms with Crippen molar-refractivity contribution in [1.29, 1.82) is 0 Å². The molecule has 0 saturated carbocycles. The Morgan fingerprint density at radius 3 is 1.75 bits per heavy atom. The van der Waals surface area contributed by atoms with Gasteiger partial charge in [0.05, 0.1) is 0 Å². The van der Waals surface area contributed by atoms with Crippen molar-refractivity contribution in [2.75, 3.05) is 13.6 Å². The van der Waals surface area contributed by atoms with Crippen LogP contribution >= 0.6 is 0 Å². The molecule has 0 amide bonds. The number of likely N-dealkylation sites (N-methyl/N-ethyl adjacent to an activating group) is 1. The summed E-state index contributed by atoms with van der Waals surface area (Å²) in [6, 6.07) is 43.2. The van der Waals surface area contributed by atoms with Crippen LogP contribution in [0.25, 0.3) is 5.57 Å². The van der Waals surface area contributed by atoms with E-state index in [0.29, 0.717) is 5.92 Å². The molecule has 160 valence electrons. The van der Waals surface area contributed by atoms with Crippen molar-refractivity contribution < 1.29 is 0 Å². The lowest BCUT2D eigenvalue weighted by Crippen LogP contribution is -2.24. The zero-order valence-electron chi connectivity index (χ0n) is 18.8. The van der Waals surface area contributed by atoms with Crippen LogP contribution in [0, 0.1) is 0 Å². The van der Waals surface area contributed by atoms with Crippen LogP contribution in [0.3, 0.4) is 0 Å². The standard InChI is InChI=1S/C31H31N/c1-32(24-27-16-8-3-9-17-27)25-31(29-20-12-5-13-21-29)23-30(28-18-10-4-11-19-28)22-26-14-6-2-7-15-26/h2-21,23,31H,22,24-25H2,1H3/b30-23+/t31-/m0/s1. The molecule has 4 aromatic carbocycles. The number of hydrogen-bond acceptors (Lipinski definition) is 1. The molecule has 1 atom stereocenters. The Morgan fingerprint density at radius 1 is 0.656 bits per heavy atom. The summed E-state index contributed by atoms with van der Waals surface area (Å²) in [5.41, 5.74) is 6.71. The van der Waals surface area contributed by atoms with Gasteiger partial charge in [0, 0.05) is 19.0 Å². The molecule has 0 saturated heterocycles. The third-order valence-electron chi connectivity index (χ3n) is 5.82. The van der Waals surface area contributed by atoms with Crippen LogP contribution in [-0.2, 0) is 13.0 Å². The highest BCUT2D eigenvalue weighted by molar-refractivity contribution is 5.68. The number of hydrogen-bond donors (Lipinski definition) is 0. The molecule has 0 fully saturated rings. The summed E-state index contributed by atoms with van der Waals surface area (Å²) >= 11 is 0. The lowest BCUT2D eigenvalue weighted by molar-refractivity contribution is 0.318. The van der Waals surface area contributed by atoms with Gasteiger partial charge in [-0.05, 0) is 41.3 Å². The Balaban J connectivity index is 1.65. The van der Waals surface area contributed by atoms with E-state index in [1.54, 1.807) is 0 Å². The molecule has 0 heterocycles. The predicted octanol–water partition coefficient (Wildman–Crippen LogP) is 7.23. The van der Waals surface area contributed by atoms with Gasteiger partial charge in [0.15, 0.2) is 0 Å². The first-order valence-corrected chi connectivity index (χ1v) is 11.4.